The number of hydrogen-bond donors (Lipinski definition) is 1. The van der Waals surface area contributed by atoms with Crippen molar-refractivity contribution in [3.05, 3.63) is 65.1 Å². The van der Waals surface area contributed by atoms with Crippen molar-refractivity contribution in [1.29, 1.82) is 0 Å². The van der Waals surface area contributed by atoms with Crippen molar-refractivity contribution in [3.8, 4) is 0 Å². The van der Waals surface area contributed by atoms with Crippen LogP contribution < -0.4 is 4.72 Å². The third kappa shape index (κ3) is 3.00. The third-order valence-electron chi connectivity index (χ3n) is 3.34. The monoisotopic (exact) mass is 350 g/mol. The number of nitrogens with one attached hydrogen (secondary N) is 1. The molecule has 3 aromatic rings. The Balaban J connectivity index is 2.12. The van der Waals surface area contributed by atoms with E-state index >= 15 is 0 Å². The predicted molar refractivity (Wildman–Crippen MR) is 88.7 cm³/mol. The summed E-state index contributed by atoms with van der Waals surface area (Å²) in [6, 6.07) is 10.3. The lowest BCUT2D eigenvalue weighted by molar-refractivity contribution is 0.599. The van der Waals surface area contributed by atoms with Crippen LogP contribution in [0.2, 0.25) is 5.02 Å². The van der Waals surface area contributed by atoms with Crippen LogP contribution in [-0.4, -0.2) is 13.4 Å². The zero-order valence-electron chi connectivity index (χ0n) is 12.0. The summed E-state index contributed by atoms with van der Waals surface area (Å²) >= 11 is 6.04. The van der Waals surface area contributed by atoms with E-state index in [1.54, 1.807) is 25.1 Å². The van der Waals surface area contributed by atoms with Gasteiger partial charge in [0.1, 0.15) is 5.82 Å². The molecular weight excluding hydrogens is 339 g/mol. The fraction of sp³-hybridized carbons (Fsp3) is 0.0625. The normalized spacial score (nSPS) is 11.6. The van der Waals surface area contributed by atoms with Crippen LogP contribution in [0, 0.1) is 12.7 Å². The molecule has 0 aliphatic carbocycles. The lowest BCUT2D eigenvalue weighted by Gasteiger charge is -2.12. The first-order valence-corrected chi connectivity index (χ1v) is 8.57. The number of aryl methyl sites for hydroxylation is 1. The third-order valence-corrected chi connectivity index (χ3v) is 5.07. The fourth-order valence-electron chi connectivity index (χ4n) is 2.25. The number of sulfonamides is 1. The van der Waals surface area contributed by atoms with E-state index < -0.39 is 15.8 Å². The van der Waals surface area contributed by atoms with Gasteiger partial charge in [-0.1, -0.05) is 17.7 Å². The van der Waals surface area contributed by atoms with Gasteiger partial charge in [0.2, 0.25) is 0 Å². The zero-order chi connectivity index (χ0) is 16.6. The summed E-state index contributed by atoms with van der Waals surface area (Å²) in [6.07, 6.45) is 1.53. The molecule has 4 nitrogen and oxygen atoms in total. The van der Waals surface area contributed by atoms with Gasteiger partial charge in [0.25, 0.3) is 10.0 Å². The Hall–Kier alpha value is -2.18. The number of hydrogen-bond acceptors (Lipinski definition) is 3. The standard InChI is InChI=1S/C16H12ClFN2O2S/c1-10-4-6-14(13(18)9-10)20-23(21,22)15-7-5-12(17)16-11(15)3-2-8-19-16/h2-9,20H,1H3. The molecule has 1 heterocycles. The minimum absolute atomic E-state index is 0.00928. The van der Waals surface area contributed by atoms with Crippen molar-refractivity contribution in [3.63, 3.8) is 0 Å². The number of anilines is 1. The average molecular weight is 351 g/mol. The topological polar surface area (TPSA) is 59.1 Å². The van der Waals surface area contributed by atoms with Crippen molar-refractivity contribution in [1.82, 2.24) is 4.98 Å². The van der Waals surface area contributed by atoms with Gasteiger partial charge < -0.3 is 0 Å². The summed E-state index contributed by atoms with van der Waals surface area (Å²) in [5.41, 5.74) is 0.968. The number of nitrogens with zero attached hydrogens (tertiary/aromatic N) is 1. The van der Waals surface area contributed by atoms with E-state index in [2.05, 4.69) is 9.71 Å². The molecule has 0 aliphatic rings. The summed E-state index contributed by atoms with van der Waals surface area (Å²) in [5.74, 6) is -0.634. The SMILES string of the molecule is Cc1ccc(NS(=O)(=O)c2ccc(Cl)c3ncccc23)c(F)c1. The van der Waals surface area contributed by atoms with Crippen molar-refractivity contribution in [2.75, 3.05) is 4.72 Å². The van der Waals surface area contributed by atoms with Gasteiger partial charge in [0, 0.05) is 11.6 Å². The summed E-state index contributed by atoms with van der Waals surface area (Å²) in [5, 5.41) is 0.723. The number of rotatable bonds is 3. The van der Waals surface area contributed by atoms with Gasteiger partial charge in [-0.3, -0.25) is 9.71 Å². The molecule has 118 valence electrons. The molecule has 0 amide bonds. The summed E-state index contributed by atoms with van der Waals surface area (Å²) in [7, 11) is -3.98. The van der Waals surface area contributed by atoms with Crippen LogP contribution in [0.15, 0.2) is 53.6 Å². The van der Waals surface area contributed by atoms with Crippen LogP contribution in [-0.2, 0) is 10.0 Å². The molecule has 0 bridgehead atoms. The summed E-state index contributed by atoms with van der Waals surface area (Å²) in [4.78, 5) is 4.08. The average Bonchev–Trinajstić information content (AvgIpc) is 2.50. The Bertz CT molecular complexity index is 1010. The molecule has 1 aromatic heterocycles. The van der Waals surface area contributed by atoms with E-state index in [1.807, 2.05) is 0 Å². The van der Waals surface area contributed by atoms with E-state index in [1.165, 1.54) is 30.5 Å². The van der Waals surface area contributed by atoms with Gasteiger partial charge in [-0.2, -0.15) is 0 Å². The Labute approximate surface area is 138 Å². The first-order chi connectivity index (χ1) is 10.9. The molecule has 0 saturated heterocycles. The molecule has 23 heavy (non-hydrogen) atoms. The molecule has 0 aliphatic heterocycles. The number of fused-ring (bicyclic) bond motifs is 1. The highest BCUT2D eigenvalue weighted by Gasteiger charge is 2.20. The quantitative estimate of drug-likeness (QED) is 0.772. The van der Waals surface area contributed by atoms with Gasteiger partial charge in [0.15, 0.2) is 0 Å². The minimum atomic E-state index is -3.98. The highest BCUT2D eigenvalue weighted by molar-refractivity contribution is 7.93. The van der Waals surface area contributed by atoms with Crippen molar-refractivity contribution >= 4 is 38.2 Å². The Morgan fingerprint density at radius 1 is 1.17 bits per heavy atom. The van der Waals surface area contributed by atoms with E-state index in [0.717, 1.165) is 0 Å². The van der Waals surface area contributed by atoms with E-state index in [4.69, 9.17) is 11.6 Å². The molecule has 0 atom stereocenters. The van der Waals surface area contributed by atoms with Crippen LogP contribution in [0.5, 0.6) is 0 Å². The van der Waals surface area contributed by atoms with Gasteiger partial charge in [-0.15, -0.1) is 0 Å². The molecule has 0 fully saturated rings. The maximum atomic E-state index is 13.9. The van der Waals surface area contributed by atoms with Crippen molar-refractivity contribution < 1.29 is 12.8 Å². The second-order valence-electron chi connectivity index (χ2n) is 5.03. The number of benzene rings is 2. The van der Waals surface area contributed by atoms with E-state index in [9.17, 15) is 12.8 Å². The molecule has 0 unspecified atom stereocenters. The fourth-order valence-corrected chi connectivity index (χ4v) is 3.73. The number of halogens is 2. The van der Waals surface area contributed by atoms with Gasteiger partial charge in [-0.05, 0) is 48.9 Å². The number of pyridine rings is 1. The molecule has 0 radical (unpaired) electrons. The Morgan fingerprint density at radius 2 is 1.96 bits per heavy atom. The second kappa shape index (κ2) is 5.79. The van der Waals surface area contributed by atoms with Crippen LogP contribution in [0.1, 0.15) is 5.56 Å². The van der Waals surface area contributed by atoms with E-state index in [0.29, 0.717) is 21.5 Å². The molecule has 2 aromatic carbocycles. The largest absolute Gasteiger partial charge is 0.277 e. The number of aromatic nitrogens is 1. The van der Waals surface area contributed by atoms with Crippen LogP contribution >= 0.6 is 11.6 Å². The van der Waals surface area contributed by atoms with Crippen molar-refractivity contribution in [2.45, 2.75) is 11.8 Å². The maximum absolute atomic E-state index is 13.9. The first-order valence-electron chi connectivity index (χ1n) is 6.71. The molecular formula is C16H12ClFN2O2S. The van der Waals surface area contributed by atoms with Gasteiger partial charge in [-0.25, -0.2) is 12.8 Å². The molecule has 0 spiro atoms. The lowest BCUT2D eigenvalue weighted by atomic mass is 10.2. The Morgan fingerprint density at radius 3 is 2.70 bits per heavy atom. The van der Waals surface area contributed by atoms with Crippen LogP contribution in [0.4, 0.5) is 10.1 Å². The highest BCUT2D eigenvalue weighted by Crippen LogP contribution is 2.29. The molecule has 7 heteroatoms. The molecule has 0 saturated carbocycles. The molecule has 3 rings (SSSR count). The lowest BCUT2D eigenvalue weighted by Crippen LogP contribution is -2.14. The smallest absolute Gasteiger partial charge is 0.262 e. The predicted octanol–water partition coefficient (Wildman–Crippen LogP) is 4.14. The highest BCUT2D eigenvalue weighted by atomic mass is 35.5. The van der Waals surface area contributed by atoms with Gasteiger partial charge in [0.05, 0.1) is 21.1 Å². The Kier molecular flexibility index (Phi) is 3.95. The van der Waals surface area contributed by atoms with Gasteiger partial charge >= 0.3 is 0 Å². The first kappa shape index (κ1) is 15.7. The second-order valence-corrected chi connectivity index (χ2v) is 7.09. The van der Waals surface area contributed by atoms with Crippen LogP contribution in [0.25, 0.3) is 10.9 Å². The zero-order valence-corrected chi connectivity index (χ0v) is 13.6. The van der Waals surface area contributed by atoms with Crippen molar-refractivity contribution in [2.24, 2.45) is 0 Å². The van der Waals surface area contributed by atoms with E-state index in [-0.39, 0.29) is 10.6 Å². The maximum Gasteiger partial charge on any atom is 0.262 e. The summed E-state index contributed by atoms with van der Waals surface area (Å²) < 4.78 is 41.4. The van der Waals surface area contributed by atoms with Crippen LogP contribution in [0.3, 0.4) is 0 Å². The summed E-state index contributed by atoms with van der Waals surface area (Å²) in [6.45, 7) is 1.72. The molecule has 1 N–H and O–H groups in total. The minimum Gasteiger partial charge on any atom is -0.277 e.